The molecule has 2 aliphatic rings. The third kappa shape index (κ3) is 1.98. The van der Waals surface area contributed by atoms with Crippen LogP contribution in [0.4, 0.5) is 0 Å². The normalized spacial score (nSPS) is 22.4. The first-order valence-electron chi connectivity index (χ1n) is 7.82. The van der Waals surface area contributed by atoms with Crippen molar-refractivity contribution >= 4 is 23.2 Å². The van der Waals surface area contributed by atoms with Crippen molar-refractivity contribution in [3.63, 3.8) is 0 Å². The number of carbonyl (C=O) groups is 1. The average molecular weight is 336 g/mol. The molecule has 1 atom stereocenters. The van der Waals surface area contributed by atoms with Gasteiger partial charge in [0.15, 0.2) is 11.5 Å². The van der Waals surface area contributed by atoms with E-state index in [0.717, 1.165) is 28.8 Å². The van der Waals surface area contributed by atoms with E-state index in [4.69, 9.17) is 11.0 Å². The molecule has 5 nitrogen and oxygen atoms in total. The van der Waals surface area contributed by atoms with E-state index in [9.17, 15) is 4.79 Å². The van der Waals surface area contributed by atoms with Crippen LogP contribution in [0.1, 0.15) is 28.8 Å². The van der Waals surface area contributed by atoms with E-state index in [1.54, 1.807) is 24.5 Å². The van der Waals surface area contributed by atoms with Crippen LogP contribution >= 0.6 is 11.3 Å². The highest BCUT2D eigenvalue weighted by Crippen LogP contribution is 2.47. The Morgan fingerprint density at radius 2 is 2.25 bits per heavy atom. The van der Waals surface area contributed by atoms with E-state index in [-0.39, 0.29) is 11.9 Å². The van der Waals surface area contributed by atoms with Crippen molar-refractivity contribution in [2.75, 3.05) is 7.05 Å². The van der Waals surface area contributed by atoms with Crippen molar-refractivity contribution in [1.29, 1.82) is 5.26 Å². The van der Waals surface area contributed by atoms with Gasteiger partial charge in [0.1, 0.15) is 0 Å². The van der Waals surface area contributed by atoms with Gasteiger partial charge in [0.25, 0.3) is 5.91 Å². The Labute approximate surface area is 144 Å². The molecule has 1 aromatic carbocycles. The van der Waals surface area contributed by atoms with E-state index < -0.39 is 5.54 Å². The zero-order valence-electron chi connectivity index (χ0n) is 13.2. The van der Waals surface area contributed by atoms with Crippen molar-refractivity contribution < 1.29 is 4.79 Å². The maximum absolute atomic E-state index is 12.8. The number of guanidine groups is 1. The molecule has 120 valence electrons. The molecule has 2 N–H and O–H groups in total. The number of amides is 1. The number of nitriles is 1. The number of aliphatic imine (C=N–C) groups is 1. The van der Waals surface area contributed by atoms with Crippen LogP contribution in [0.25, 0.3) is 10.4 Å². The molecule has 2 heterocycles. The van der Waals surface area contributed by atoms with Crippen LogP contribution in [0.5, 0.6) is 0 Å². The Kier molecular flexibility index (Phi) is 3.22. The van der Waals surface area contributed by atoms with Crippen LogP contribution < -0.4 is 5.73 Å². The summed E-state index contributed by atoms with van der Waals surface area (Å²) >= 11 is 1.68. The molecule has 0 unspecified atom stereocenters. The molecule has 0 saturated carbocycles. The summed E-state index contributed by atoms with van der Waals surface area (Å²) in [6.07, 6.45) is 2.56. The first kappa shape index (κ1) is 14.9. The van der Waals surface area contributed by atoms with Crippen molar-refractivity contribution in [1.82, 2.24) is 4.90 Å². The van der Waals surface area contributed by atoms with E-state index >= 15 is 0 Å². The van der Waals surface area contributed by atoms with Gasteiger partial charge in [0.05, 0.1) is 11.6 Å². The molecule has 1 aliphatic heterocycles. The number of carbonyl (C=O) groups excluding carboxylic acids is 1. The van der Waals surface area contributed by atoms with Crippen LogP contribution in [-0.4, -0.2) is 23.8 Å². The number of nitrogens with two attached hydrogens (primary N) is 1. The Bertz CT molecular complexity index is 923. The summed E-state index contributed by atoms with van der Waals surface area (Å²) in [5.41, 5.74) is 7.67. The van der Waals surface area contributed by atoms with Crippen LogP contribution in [-0.2, 0) is 16.8 Å². The number of hydrogen-bond donors (Lipinski definition) is 1. The second kappa shape index (κ2) is 5.18. The van der Waals surface area contributed by atoms with Gasteiger partial charge in [-0.25, -0.2) is 4.99 Å². The van der Waals surface area contributed by atoms with Gasteiger partial charge in [0.2, 0.25) is 0 Å². The number of rotatable bonds is 1. The van der Waals surface area contributed by atoms with Gasteiger partial charge in [-0.1, -0.05) is 12.1 Å². The summed E-state index contributed by atoms with van der Waals surface area (Å²) in [5, 5.41) is 9.10. The SMILES string of the molecule is CN1C(=O)[C@]2(CCCc3sc(-c4cccc(C#N)c4)cc32)N=C1N. The summed E-state index contributed by atoms with van der Waals surface area (Å²) in [6, 6.07) is 11.8. The molecule has 0 bridgehead atoms. The molecule has 1 aliphatic carbocycles. The highest BCUT2D eigenvalue weighted by molar-refractivity contribution is 7.15. The summed E-state index contributed by atoms with van der Waals surface area (Å²) in [6.45, 7) is 0. The predicted molar refractivity (Wildman–Crippen MR) is 93.5 cm³/mol. The number of benzene rings is 1. The van der Waals surface area contributed by atoms with Gasteiger partial charge in [-0.3, -0.25) is 9.69 Å². The second-order valence-corrected chi connectivity index (χ2v) is 7.32. The summed E-state index contributed by atoms with van der Waals surface area (Å²) < 4.78 is 0. The number of hydrogen-bond acceptors (Lipinski definition) is 5. The fourth-order valence-electron chi connectivity index (χ4n) is 3.53. The number of thiophene rings is 1. The number of fused-ring (bicyclic) bond motifs is 2. The highest BCUT2D eigenvalue weighted by atomic mass is 32.1. The number of likely N-dealkylation sites (N-methyl/N-ethyl adjacent to an activating group) is 1. The van der Waals surface area contributed by atoms with Crippen LogP contribution in [0.2, 0.25) is 0 Å². The molecule has 0 saturated heterocycles. The Balaban J connectivity index is 1.85. The van der Waals surface area contributed by atoms with E-state index in [2.05, 4.69) is 17.1 Å². The lowest BCUT2D eigenvalue weighted by molar-refractivity contribution is -0.131. The van der Waals surface area contributed by atoms with Gasteiger partial charge in [0, 0.05) is 22.4 Å². The molecule has 6 heteroatoms. The van der Waals surface area contributed by atoms with E-state index in [1.807, 2.05) is 18.2 Å². The molecule has 1 aromatic heterocycles. The summed E-state index contributed by atoms with van der Waals surface area (Å²) in [7, 11) is 1.67. The Morgan fingerprint density at radius 1 is 1.42 bits per heavy atom. The van der Waals surface area contributed by atoms with Crippen LogP contribution in [0, 0.1) is 11.3 Å². The molecule has 0 fully saturated rings. The highest BCUT2D eigenvalue weighted by Gasteiger charge is 2.50. The van der Waals surface area contributed by atoms with Crippen molar-refractivity contribution in [3.05, 3.63) is 46.3 Å². The lowest BCUT2D eigenvalue weighted by Gasteiger charge is -2.29. The quantitative estimate of drug-likeness (QED) is 0.869. The molecule has 24 heavy (non-hydrogen) atoms. The fourth-order valence-corrected chi connectivity index (χ4v) is 4.80. The maximum Gasteiger partial charge on any atom is 0.261 e. The maximum atomic E-state index is 12.8. The van der Waals surface area contributed by atoms with Crippen LogP contribution in [0.15, 0.2) is 35.3 Å². The fraction of sp³-hybridized carbons (Fsp3) is 0.278. The van der Waals surface area contributed by atoms with Gasteiger partial charge >= 0.3 is 0 Å². The molecular formula is C18H16N4OS. The monoisotopic (exact) mass is 336 g/mol. The molecule has 0 radical (unpaired) electrons. The zero-order valence-corrected chi connectivity index (χ0v) is 14.1. The smallest absolute Gasteiger partial charge is 0.261 e. The van der Waals surface area contributed by atoms with E-state index in [1.165, 1.54) is 9.78 Å². The van der Waals surface area contributed by atoms with Crippen molar-refractivity contribution in [2.45, 2.75) is 24.8 Å². The Hall–Kier alpha value is -2.65. The lowest BCUT2D eigenvalue weighted by atomic mass is 9.80. The first-order valence-corrected chi connectivity index (χ1v) is 8.64. The zero-order chi connectivity index (χ0) is 16.9. The predicted octanol–water partition coefficient (Wildman–Crippen LogP) is 2.61. The van der Waals surface area contributed by atoms with Crippen molar-refractivity contribution in [3.8, 4) is 16.5 Å². The minimum absolute atomic E-state index is 0.0453. The Morgan fingerprint density at radius 3 is 2.96 bits per heavy atom. The number of nitrogens with zero attached hydrogens (tertiary/aromatic N) is 3. The van der Waals surface area contributed by atoms with Gasteiger partial charge in [-0.2, -0.15) is 5.26 Å². The number of aryl methyl sites for hydroxylation is 1. The molecule has 2 aromatic rings. The minimum Gasteiger partial charge on any atom is -0.369 e. The summed E-state index contributed by atoms with van der Waals surface area (Å²) in [5.74, 6) is 0.239. The molecule has 1 amide bonds. The lowest BCUT2D eigenvalue weighted by Crippen LogP contribution is -2.41. The topological polar surface area (TPSA) is 82.5 Å². The molecule has 1 spiro atoms. The van der Waals surface area contributed by atoms with Gasteiger partial charge in [-0.05, 0) is 43.0 Å². The average Bonchev–Trinajstić information content (AvgIpc) is 3.13. The molecular weight excluding hydrogens is 320 g/mol. The molecule has 4 rings (SSSR count). The first-order chi connectivity index (χ1) is 11.5. The van der Waals surface area contributed by atoms with Crippen LogP contribution in [0.3, 0.4) is 0 Å². The third-order valence-corrected chi connectivity index (χ3v) is 6.02. The third-order valence-electron chi connectivity index (χ3n) is 4.78. The largest absolute Gasteiger partial charge is 0.369 e. The summed E-state index contributed by atoms with van der Waals surface area (Å²) in [4.78, 5) is 21.0. The van der Waals surface area contributed by atoms with Gasteiger partial charge < -0.3 is 5.73 Å². The minimum atomic E-state index is -0.853. The standard InChI is InChI=1S/C18H16N4OS/c1-22-16(23)18(21-17(22)20)7-3-6-14-13(18)9-15(24-14)12-5-2-4-11(8-12)10-19/h2,4-5,8-9H,3,6-7H2,1H3,(H2,20,21)/t18-/m1/s1. The second-order valence-electron chi connectivity index (χ2n) is 6.19. The van der Waals surface area contributed by atoms with Gasteiger partial charge in [-0.15, -0.1) is 11.3 Å². The van der Waals surface area contributed by atoms with Crippen molar-refractivity contribution in [2.24, 2.45) is 10.7 Å². The van der Waals surface area contributed by atoms with E-state index in [0.29, 0.717) is 12.0 Å².